The highest BCUT2D eigenvalue weighted by Gasteiger charge is 2.13. The van der Waals surface area contributed by atoms with E-state index in [0.29, 0.717) is 47.1 Å². The number of benzene rings is 2. The van der Waals surface area contributed by atoms with Crippen LogP contribution in [0.3, 0.4) is 0 Å². The lowest BCUT2D eigenvalue weighted by Gasteiger charge is -2.15. The molecule has 0 aliphatic carbocycles. The molecule has 8 heteroatoms. The van der Waals surface area contributed by atoms with E-state index in [2.05, 4.69) is 26.2 Å². The molecule has 0 aliphatic heterocycles. The van der Waals surface area contributed by atoms with E-state index in [9.17, 15) is 0 Å². The van der Waals surface area contributed by atoms with Crippen molar-refractivity contribution in [2.24, 2.45) is 0 Å². The van der Waals surface area contributed by atoms with Crippen molar-refractivity contribution >= 4 is 39.1 Å². The monoisotopic (exact) mass is 510 g/mol. The van der Waals surface area contributed by atoms with Gasteiger partial charge >= 0.3 is 0 Å². The summed E-state index contributed by atoms with van der Waals surface area (Å²) in [7, 11) is 1.61. The number of hydrogen-bond donors (Lipinski definition) is 1. The van der Waals surface area contributed by atoms with E-state index in [1.54, 1.807) is 31.5 Å². The summed E-state index contributed by atoms with van der Waals surface area (Å²) in [5.74, 6) is 1.84. The fraction of sp³-hybridized carbons (Fsp3) is 0.227. The fourth-order valence-corrected chi connectivity index (χ4v) is 3.66. The van der Waals surface area contributed by atoms with Gasteiger partial charge in [-0.15, -0.1) is 0 Å². The Morgan fingerprint density at radius 1 is 1.00 bits per heavy atom. The average Bonchev–Trinajstić information content (AvgIpc) is 2.75. The van der Waals surface area contributed by atoms with Gasteiger partial charge in [0.05, 0.1) is 7.11 Å². The SMILES string of the molecule is COc1cc(CNCCOc2ccccn2)c(Br)cc1OCc1c(Cl)cccc1Cl. The van der Waals surface area contributed by atoms with E-state index < -0.39 is 0 Å². The van der Waals surface area contributed by atoms with Crippen LogP contribution in [0.25, 0.3) is 0 Å². The lowest BCUT2D eigenvalue weighted by atomic mass is 10.2. The molecule has 158 valence electrons. The third kappa shape index (κ3) is 6.25. The van der Waals surface area contributed by atoms with Gasteiger partial charge < -0.3 is 19.5 Å². The molecule has 0 unspecified atom stereocenters. The minimum atomic E-state index is 0.240. The van der Waals surface area contributed by atoms with Crippen LogP contribution in [0, 0.1) is 0 Å². The van der Waals surface area contributed by atoms with Crippen LogP contribution >= 0.6 is 39.1 Å². The first-order chi connectivity index (χ1) is 14.6. The Bertz CT molecular complexity index is 954. The van der Waals surface area contributed by atoms with Crippen LogP contribution in [0.2, 0.25) is 10.0 Å². The van der Waals surface area contributed by atoms with E-state index in [-0.39, 0.29) is 6.61 Å². The average molecular weight is 512 g/mol. The van der Waals surface area contributed by atoms with Crippen molar-refractivity contribution in [3.8, 4) is 17.4 Å². The summed E-state index contributed by atoms with van der Waals surface area (Å²) in [6.45, 7) is 2.07. The molecule has 3 aromatic rings. The maximum absolute atomic E-state index is 6.22. The van der Waals surface area contributed by atoms with E-state index in [1.807, 2.05) is 30.3 Å². The highest BCUT2D eigenvalue weighted by molar-refractivity contribution is 9.10. The summed E-state index contributed by atoms with van der Waals surface area (Å²) in [5, 5.41) is 4.47. The molecular formula is C22H21BrCl2N2O3. The summed E-state index contributed by atoms with van der Waals surface area (Å²) in [5.41, 5.74) is 1.77. The van der Waals surface area contributed by atoms with Crippen LogP contribution in [0.1, 0.15) is 11.1 Å². The lowest BCUT2D eigenvalue weighted by Crippen LogP contribution is -2.21. The summed E-state index contributed by atoms with van der Waals surface area (Å²) < 4.78 is 17.9. The van der Waals surface area contributed by atoms with E-state index >= 15 is 0 Å². The van der Waals surface area contributed by atoms with Crippen molar-refractivity contribution < 1.29 is 14.2 Å². The van der Waals surface area contributed by atoms with Gasteiger partial charge in [0.2, 0.25) is 5.88 Å². The molecule has 0 bridgehead atoms. The predicted octanol–water partition coefficient (Wildman–Crippen LogP) is 5.91. The largest absolute Gasteiger partial charge is 0.493 e. The smallest absolute Gasteiger partial charge is 0.213 e. The molecular weight excluding hydrogens is 491 g/mol. The van der Waals surface area contributed by atoms with Gasteiger partial charge in [0.25, 0.3) is 0 Å². The summed E-state index contributed by atoms with van der Waals surface area (Å²) >= 11 is 16.0. The molecule has 0 atom stereocenters. The van der Waals surface area contributed by atoms with Gasteiger partial charge in [-0.2, -0.15) is 0 Å². The normalized spacial score (nSPS) is 10.7. The molecule has 0 aliphatic rings. The molecule has 0 fully saturated rings. The van der Waals surface area contributed by atoms with Crippen molar-refractivity contribution in [3.05, 3.63) is 80.4 Å². The Labute approximate surface area is 194 Å². The molecule has 1 heterocycles. The number of halogens is 3. The van der Waals surface area contributed by atoms with E-state index in [0.717, 1.165) is 15.6 Å². The minimum absolute atomic E-state index is 0.240. The Hall–Kier alpha value is -1.99. The van der Waals surface area contributed by atoms with Crippen molar-refractivity contribution in [2.45, 2.75) is 13.2 Å². The molecule has 5 nitrogen and oxygen atoms in total. The fourth-order valence-electron chi connectivity index (χ4n) is 2.69. The van der Waals surface area contributed by atoms with Gasteiger partial charge in [-0.1, -0.05) is 51.3 Å². The summed E-state index contributed by atoms with van der Waals surface area (Å²) in [6.07, 6.45) is 1.70. The number of rotatable bonds is 10. The second kappa shape index (κ2) is 11.4. The zero-order valence-corrected chi connectivity index (χ0v) is 19.4. The molecule has 3 rings (SSSR count). The van der Waals surface area contributed by atoms with Gasteiger partial charge in [0.15, 0.2) is 11.5 Å². The molecule has 0 saturated carbocycles. The van der Waals surface area contributed by atoms with Crippen LogP contribution in [0.4, 0.5) is 0 Å². The Morgan fingerprint density at radius 3 is 2.50 bits per heavy atom. The van der Waals surface area contributed by atoms with Crippen LogP contribution in [-0.4, -0.2) is 25.2 Å². The Kier molecular flexibility index (Phi) is 8.63. The van der Waals surface area contributed by atoms with E-state index in [4.69, 9.17) is 37.4 Å². The van der Waals surface area contributed by atoms with E-state index in [1.165, 1.54) is 0 Å². The quantitative estimate of drug-likeness (QED) is 0.343. The van der Waals surface area contributed by atoms with Gasteiger partial charge in [-0.05, 0) is 35.9 Å². The molecule has 1 aromatic heterocycles. The van der Waals surface area contributed by atoms with Crippen LogP contribution in [-0.2, 0) is 13.2 Å². The molecule has 2 aromatic carbocycles. The zero-order chi connectivity index (χ0) is 21.3. The molecule has 0 radical (unpaired) electrons. The van der Waals surface area contributed by atoms with Gasteiger partial charge in [0.1, 0.15) is 13.2 Å². The van der Waals surface area contributed by atoms with Crippen molar-refractivity contribution in [3.63, 3.8) is 0 Å². The zero-order valence-electron chi connectivity index (χ0n) is 16.3. The second-order valence-corrected chi connectivity index (χ2v) is 7.95. The number of pyridine rings is 1. The molecule has 0 spiro atoms. The number of nitrogens with one attached hydrogen (secondary N) is 1. The first-order valence-corrected chi connectivity index (χ1v) is 10.8. The topological polar surface area (TPSA) is 52.6 Å². The standard InChI is InChI=1S/C22H21BrCl2N2O3/c1-28-20-11-15(13-26-9-10-29-22-7-2-3-8-27-22)17(23)12-21(20)30-14-16-18(24)5-4-6-19(16)25/h2-8,11-12,26H,9-10,13-14H2,1H3. The number of methoxy groups -OCH3 is 1. The number of nitrogens with zero attached hydrogens (tertiary/aromatic N) is 1. The number of aromatic nitrogens is 1. The minimum Gasteiger partial charge on any atom is -0.493 e. The highest BCUT2D eigenvalue weighted by atomic mass is 79.9. The summed E-state index contributed by atoms with van der Waals surface area (Å²) in [6, 6.07) is 14.8. The first kappa shape index (κ1) is 22.7. The van der Waals surface area contributed by atoms with Crippen LogP contribution < -0.4 is 19.5 Å². The Balaban J connectivity index is 1.56. The maximum Gasteiger partial charge on any atom is 0.213 e. The number of hydrogen-bond acceptors (Lipinski definition) is 5. The Morgan fingerprint density at radius 2 is 1.80 bits per heavy atom. The third-order valence-electron chi connectivity index (χ3n) is 4.25. The van der Waals surface area contributed by atoms with Crippen LogP contribution in [0.15, 0.2) is 59.2 Å². The lowest BCUT2D eigenvalue weighted by molar-refractivity contribution is 0.284. The third-order valence-corrected chi connectivity index (χ3v) is 5.69. The number of ether oxygens (including phenoxy) is 3. The van der Waals surface area contributed by atoms with Gasteiger partial charge in [-0.3, -0.25) is 0 Å². The first-order valence-electron chi connectivity index (χ1n) is 9.25. The predicted molar refractivity (Wildman–Crippen MR) is 123 cm³/mol. The maximum atomic E-state index is 6.22. The van der Waals surface area contributed by atoms with Gasteiger partial charge in [-0.25, -0.2) is 4.98 Å². The van der Waals surface area contributed by atoms with Crippen molar-refractivity contribution in [1.82, 2.24) is 10.3 Å². The van der Waals surface area contributed by atoms with Gasteiger partial charge in [0, 0.05) is 45.4 Å². The molecule has 30 heavy (non-hydrogen) atoms. The van der Waals surface area contributed by atoms with Crippen molar-refractivity contribution in [2.75, 3.05) is 20.3 Å². The second-order valence-electron chi connectivity index (χ2n) is 6.28. The van der Waals surface area contributed by atoms with Crippen molar-refractivity contribution in [1.29, 1.82) is 0 Å². The molecule has 0 amide bonds. The molecule has 0 saturated heterocycles. The highest BCUT2D eigenvalue weighted by Crippen LogP contribution is 2.35. The molecule has 1 N–H and O–H groups in total. The summed E-state index contributed by atoms with van der Waals surface area (Å²) in [4.78, 5) is 4.13. The van der Waals surface area contributed by atoms with Crippen LogP contribution in [0.5, 0.6) is 17.4 Å².